The van der Waals surface area contributed by atoms with E-state index < -0.39 is 126 Å². The van der Waals surface area contributed by atoms with Crippen LogP contribution in [0.3, 0.4) is 0 Å². The molecule has 0 unspecified atom stereocenters. The van der Waals surface area contributed by atoms with Gasteiger partial charge in [0, 0.05) is 28.7 Å². The van der Waals surface area contributed by atoms with E-state index in [0.717, 1.165) is 12.1 Å². The predicted octanol–water partition coefficient (Wildman–Crippen LogP) is 9.04. The van der Waals surface area contributed by atoms with Gasteiger partial charge in [-0.05, 0) is 107 Å². The minimum atomic E-state index is -4.95. The van der Waals surface area contributed by atoms with Gasteiger partial charge in [0.2, 0.25) is 15.9 Å². The fourth-order valence-electron chi connectivity index (χ4n) is 9.07. The molecule has 1 amide bonds. The maximum Gasteiger partial charge on any atom is 0.408 e. The summed E-state index contributed by atoms with van der Waals surface area (Å²) in [6, 6.07) is 5.82. The maximum atomic E-state index is 15.8. The fraction of sp³-hybridized carbons (Fsp3) is 0.455. The largest absolute Gasteiger partial charge is 0.408 e. The average Bonchev–Trinajstić information content (AvgIpc) is 4.14. The molecule has 3 heterocycles. The third-order valence-electron chi connectivity index (χ3n) is 12.7. The first-order valence-corrected chi connectivity index (χ1v) is 24.8. The van der Waals surface area contributed by atoms with E-state index in [0.29, 0.717) is 28.3 Å². The number of sulfone groups is 1. The van der Waals surface area contributed by atoms with Crippen LogP contribution in [0.1, 0.15) is 105 Å². The first-order chi connectivity index (χ1) is 31.8. The van der Waals surface area contributed by atoms with Crippen LogP contribution in [0.25, 0.3) is 22.0 Å². The normalized spacial score (nSPS) is 19.5. The van der Waals surface area contributed by atoms with Crippen molar-refractivity contribution < 1.29 is 61.1 Å². The highest BCUT2D eigenvalue weighted by Gasteiger charge is 2.62. The van der Waals surface area contributed by atoms with Gasteiger partial charge in [0.1, 0.15) is 46.6 Å². The minimum absolute atomic E-state index is 0.0403. The number of nitrogens with one attached hydrogen (secondary N) is 2. The van der Waals surface area contributed by atoms with Crippen molar-refractivity contribution in [2.45, 2.75) is 118 Å². The highest BCUT2D eigenvalue weighted by Crippen LogP contribution is 2.63. The molecular weight excluding hydrogens is 977 g/mol. The average molecular weight is 1020 g/mol. The van der Waals surface area contributed by atoms with E-state index >= 15 is 8.78 Å². The van der Waals surface area contributed by atoms with E-state index in [1.807, 2.05) is 0 Å². The standard InChI is InChI=1S/C44H39ClF9N7O5S2/c1-42(2,67(63,64)25-4-5-25)14-13-24-3-8-27(28-10-12-31(45)35-38(28)61(20-43(50,51)52)58-41(35)59-68(65,66)26-6-7-26)36(55-24)32(17-21-15-22(46)18-23(47)16-21)56-33(62)19-60-39-34(37(57-60)40(48)49)29-9-11-30(29)44(39,53)54/h3,8,10,12,15-16,18,25-26,29-30,32,40H,4-7,9,11,17,19-20H2,1-2H3,(H,56,62)(H,58,59)/t29-,30+,32-/m0/s1. The molecule has 3 aromatic heterocycles. The van der Waals surface area contributed by atoms with Crippen LogP contribution in [-0.2, 0) is 50.1 Å². The first-order valence-electron chi connectivity index (χ1n) is 21.3. The Balaban J connectivity index is 1.23. The summed E-state index contributed by atoms with van der Waals surface area (Å²) in [7, 11) is -7.94. The summed E-state index contributed by atoms with van der Waals surface area (Å²) in [5.41, 5.74) is -3.34. The van der Waals surface area contributed by atoms with E-state index in [1.54, 1.807) is 0 Å². The van der Waals surface area contributed by atoms with Gasteiger partial charge in [0.15, 0.2) is 15.7 Å². The number of pyridine rings is 1. The van der Waals surface area contributed by atoms with Gasteiger partial charge in [0.25, 0.3) is 12.3 Å². The molecule has 0 aliphatic heterocycles. The Hall–Kier alpha value is -5.34. The number of fused-ring (bicyclic) bond motifs is 4. The van der Waals surface area contributed by atoms with Crippen molar-refractivity contribution in [2.75, 3.05) is 4.72 Å². The van der Waals surface area contributed by atoms with E-state index in [4.69, 9.17) is 11.6 Å². The SMILES string of the molecule is CC(C)(C#Cc1ccc(-c2ccc(Cl)c3c(NS(=O)(=O)C4CC4)nn(CC(F)(F)F)c23)c([C@H](Cc2cc(F)cc(F)c2)NC(=O)Cn2nc(C(F)F)c3c2C(F)(F)[C@@H]2CC[C@H]32)n1)S(=O)(=O)C1CC1. The molecule has 0 spiro atoms. The number of rotatable bonds is 14. The zero-order valence-electron chi connectivity index (χ0n) is 35.7. The second-order valence-electron chi connectivity index (χ2n) is 18.0. The van der Waals surface area contributed by atoms with Crippen LogP contribution >= 0.6 is 11.6 Å². The van der Waals surface area contributed by atoms with Crippen LogP contribution in [0.5, 0.6) is 0 Å². The van der Waals surface area contributed by atoms with Gasteiger partial charge in [-0.3, -0.25) is 18.9 Å². The Morgan fingerprint density at radius 3 is 2.16 bits per heavy atom. The van der Waals surface area contributed by atoms with E-state index in [-0.39, 0.29) is 75.3 Å². The zero-order chi connectivity index (χ0) is 49.0. The van der Waals surface area contributed by atoms with E-state index in [2.05, 4.69) is 37.1 Å². The van der Waals surface area contributed by atoms with E-state index in [1.165, 1.54) is 38.1 Å². The van der Waals surface area contributed by atoms with Crippen molar-refractivity contribution in [2.24, 2.45) is 5.92 Å². The lowest BCUT2D eigenvalue weighted by Crippen LogP contribution is -2.36. The second-order valence-corrected chi connectivity index (χ2v) is 23.2. The second kappa shape index (κ2) is 16.7. The lowest BCUT2D eigenvalue weighted by Gasteiger charge is -2.34. The number of benzene rings is 2. The molecule has 12 nitrogen and oxygen atoms in total. The molecule has 362 valence electrons. The molecule has 9 rings (SSSR count). The molecular formula is C44H39ClF9N7O5S2. The number of sulfonamides is 1. The fourth-order valence-corrected chi connectivity index (χ4v) is 12.4. The Morgan fingerprint density at radius 1 is 0.897 bits per heavy atom. The molecule has 0 saturated heterocycles. The summed E-state index contributed by atoms with van der Waals surface area (Å²) in [5.74, 6) is -4.21. The van der Waals surface area contributed by atoms with Crippen LogP contribution in [0.4, 0.5) is 45.3 Å². The lowest BCUT2D eigenvalue weighted by molar-refractivity contribution is -0.141. The summed E-state index contributed by atoms with van der Waals surface area (Å²) in [5, 5.41) is 8.35. The van der Waals surface area contributed by atoms with Gasteiger partial charge < -0.3 is 5.32 Å². The third kappa shape index (κ3) is 8.80. The molecule has 2 aromatic carbocycles. The number of nitrogens with zero attached hydrogens (tertiary/aromatic N) is 5. The molecule has 2 N–H and O–H groups in total. The number of aromatic nitrogens is 5. The van der Waals surface area contributed by atoms with Gasteiger partial charge in [-0.2, -0.15) is 32.1 Å². The molecule has 0 radical (unpaired) electrons. The monoisotopic (exact) mass is 1020 g/mol. The minimum Gasteiger partial charge on any atom is -0.346 e. The smallest absolute Gasteiger partial charge is 0.346 e. The number of carbonyl (C=O) groups is 1. The molecule has 24 heteroatoms. The molecule has 3 fully saturated rings. The number of amides is 1. The third-order valence-corrected chi connectivity index (χ3v) is 17.7. The molecule has 0 bridgehead atoms. The molecule has 68 heavy (non-hydrogen) atoms. The Labute approximate surface area is 388 Å². The Kier molecular flexibility index (Phi) is 11.7. The summed E-state index contributed by atoms with van der Waals surface area (Å²) in [6.45, 7) is -0.0880. The molecule has 3 saturated carbocycles. The molecule has 5 aromatic rings. The summed E-state index contributed by atoms with van der Waals surface area (Å²) in [4.78, 5) is 18.9. The van der Waals surface area contributed by atoms with Gasteiger partial charge in [0.05, 0.1) is 38.2 Å². The molecule has 4 aliphatic rings. The van der Waals surface area contributed by atoms with Crippen molar-refractivity contribution in [3.05, 3.63) is 93.0 Å². The van der Waals surface area contributed by atoms with Crippen LogP contribution < -0.4 is 10.0 Å². The first kappa shape index (κ1) is 47.7. The van der Waals surface area contributed by atoms with Crippen LogP contribution in [0, 0.1) is 29.4 Å². The summed E-state index contributed by atoms with van der Waals surface area (Å²) in [6.07, 6.45) is -7.13. The number of halogens is 10. The zero-order valence-corrected chi connectivity index (χ0v) is 38.1. The van der Waals surface area contributed by atoms with Crippen LogP contribution in [0.2, 0.25) is 5.02 Å². The predicted molar refractivity (Wildman–Crippen MR) is 230 cm³/mol. The maximum absolute atomic E-state index is 15.8. The number of hydrogen-bond donors (Lipinski definition) is 2. The van der Waals surface area contributed by atoms with Crippen LogP contribution in [0.15, 0.2) is 42.5 Å². The van der Waals surface area contributed by atoms with Gasteiger partial charge in [-0.25, -0.2) is 39.4 Å². The highest BCUT2D eigenvalue weighted by atomic mass is 35.5. The van der Waals surface area contributed by atoms with Crippen LogP contribution in [-0.4, -0.2) is 68.7 Å². The summed E-state index contributed by atoms with van der Waals surface area (Å²) >= 11 is 6.60. The quantitative estimate of drug-likeness (QED) is 0.0825. The van der Waals surface area contributed by atoms with Crippen molar-refractivity contribution in [3.63, 3.8) is 0 Å². The van der Waals surface area contributed by atoms with Crippen molar-refractivity contribution in [3.8, 4) is 23.0 Å². The van der Waals surface area contributed by atoms with Crippen molar-refractivity contribution >= 4 is 54.1 Å². The summed E-state index contributed by atoms with van der Waals surface area (Å²) < 4.78 is 187. The lowest BCUT2D eigenvalue weighted by atomic mass is 9.73. The van der Waals surface area contributed by atoms with Gasteiger partial charge in [-0.15, -0.1) is 0 Å². The number of alkyl halides is 7. The number of hydrogen-bond acceptors (Lipinski definition) is 8. The van der Waals surface area contributed by atoms with Crippen molar-refractivity contribution in [1.29, 1.82) is 0 Å². The Morgan fingerprint density at radius 2 is 1.56 bits per heavy atom. The number of anilines is 1. The topological polar surface area (TPSA) is 158 Å². The van der Waals surface area contributed by atoms with Gasteiger partial charge in [-0.1, -0.05) is 23.6 Å². The molecule has 3 atom stereocenters. The van der Waals surface area contributed by atoms with Crippen molar-refractivity contribution in [1.82, 2.24) is 29.9 Å². The highest BCUT2D eigenvalue weighted by molar-refractivity contribution is 7.94. The van der Waals surface area contributed by atoms with Gasteiger partial charge >= 0.3 is 6.18 Å². The number of carbonyl (C=O) groups excluding carboxylic acids is 1. The van der Waals surface area contributed by atoms with E-state index in [9.17, 15) is 52.4 Å². The Bertz CT molecular complexity index is 3170. The molecule has 4 aliphatic carbocycles.